The molecule has 0 spiro atoms. The Morgan fingerprint density at radius 3 is 2.38 bits per heavy atom. The van der Waals surface area contributed by atoms with E-state index in [0.717, 1.165) is 49.8 Å². The van der Waals surface area contributed by atoms with E-state index < -0.39 is 0 Å². The van der Waals surface area contributed by atoms with Crippen LogP contribution in [0.2, 0.25) is 0 Å². The Kier molecular flexibility index (Phi) is 5.30. The van der Waals surface area contributed by atoms with Crippen LogP contribution in [0.4, 0.5) is 11.8 Å². The van der Waals surface area contributed by atoms with E-state index in [1.807, 2.05) is 18.2 Å². The van der Waals surface area contributed by atoms with Gasteiger partial charge in [-0.05, 0) is 20.4 Å². The molecule has 1 N–H and O–H groups in total. The SMILES string of the molecule is CCN1CCN(c2cc(-c3ccccc3)nc(NC(C)C)n2)CC1. The van der Waals surface area contributed by atoms with E-state index in [1.165, 1.54) is 0 Å². The molecule has 0 saturated carbocycles. The van der Waals surface area contributed by atoms with Crippen molar-refractivity contribution in [2.24, 2.45) is 0 Å². The third-order valence-corrected chi connectivity index (χ3v) is 4.34. The van der Waals surface area contributed by atoms with Crippen LogP contribution in [0.5, 0.6) is 0 Å². The highest BCUT2D eigenvalue weighted by Crippen LogP contribution is 2.24. The molecule has 3 rings (SSSR count). The zero-order valence-electron chi connectivity index (χ0n) is 14.9. The van der Waals surface area contributed by atoms with Crippen molar-refractivity contribution in [3.05, 3.63) is 36.4 Å². The van der Waals surface area contributed by atoms with Gasteiger partial charge in [0.1, 0.15) is 5.82 Å². The first kappa shape index (κ1) is 16.7. The molecule has 1 fully saturated rings. The Morgan fingerprint density at radius 2 is 1.75 bits per heavy atom. The minimum atomic E-state index is 0.306. The van der Waals surface area contributed by atoms with E-state index in [2.05, 4.69) is 54.1 Å². The summed E-state index contributed by atoms with van der Waals surface area (Å²) in [4.78, 5) is 14.3. The molecule has 2 aromatic rings. The van der Waals surface area contributed by atoms with Crippen molar-refractivity contribution in [2.75, 3.05) is 42.9 Å². The average Bonchev–Trinajstić information content (AvgIpc) is 2.62. The summed E-state index contributed by atoms with van der Waals surface area (Å²) in [5, 5.41) is 3.36. The third-order valence-electron chi connectivity index (χ3n) is 4.34. The normalized spacial score (nSPS) is 15.8. The van der Waals surface area contributed by atoms with Gasteiger partial charge >= 0.3 is 0 Å². The quantitative estimate of drug-likeness (QED) is 0.915. The lowest BCUT2D eigenvalue weighted by Gasteiger charge is -2.35. The fourth-order valence-electron chi connectivity index (χ4n) is 2.97. The van der Waals surface area contributed by atoms with Crippen LogP contribution in [-0.2, 0) is 0 Å². The van der Waals surface area contributed by atoms with Gasteiger partial charge in [0.15, 0.2) is 0 Å². The van der Waals surface area contributed by atoms with Crippen LogP contribution in [0.1, 0.15) is 20.8 Å². The molecular formula is C19H27N5. The van der Waals surface area contributed by atoms with E-state index in [9.17, 15) is 0 Å². The van der Waals surface area contributed by atoms with Gasteiger partial charge in [-0.1, -0.05) is 37.3 Å². The molecule has 1 aromatic heterocycles. The Morgan fingerprint density at radius 1 is 1.04 bits per heavy atom. The average molecular weight is 325 g/mol. The maximum absolute atomic E-state index is 4.76. The van der Waals surface area contributed by atoms with Crippen molar-refractivity contribution in [3.8, 4) is 11.3 Å². The second kappa shape index (κ2) is 7.62. The van der Waals surface area contributed by atoms with Crippen LogP contribution in [0.15, 0.2) is 36.4 Å². The fourth-order valence-corrected chi connectivity index (χ4v) is 2.97. The van der Waals surface area contributed by atoms with Crippen LogP contribution in [0, 0.1) is 0 Å². The maximum Gasteiger partial charge on any atom is 0.225 e. The van der Waals surface area contributed by atoms with Crippen LogP contribution < -0.4 is 10.2 Å². The molecule has 0 atom stereocenters. The summed E-state index contributed by atoms with van der Waals surface area (Å²) in [6.07, 6.45) is 0. The number of likely N-dealkylation sites (N-methyl/N-ethyl adjacent to an activating group) is 1. The highest BCUT2D eigenvalue weighted by atomic mass is 15.3. The number of benzene rings is 1. The number of nitrogens with one attached hydrogen (secondary N) is 1. The van der Waals surface area contributed by atoms with Gasteiger partial charge in [0.05, 0.1) is 5.69 Å². The van der Waals surface area contributed by atoms with Crippen molar-refractivity contribution in [2.45, 2.75) is 26.8 Å². The van der Waals surface area contributed by atoms with E-state index >= 15 is 0 Å². The van der Waals surface area contributed by atoms with Crippen molar-refractivity contribution in [1.29, 1.82) is 0 Å². The molecule has 0 unspecified atom stereocenters. The Bertz CT molecular complexity index is 648. The van der Waals surface area contributed by atoms with E-state index in [-0.39, 0.29) is 0 Å². The molecule has 2 heterocycles. The summed E-state index contributed by atoms with van der Waals surface area (Å²) >= 11 is 0. The Labute approximate surface area is 144 Å². The molecule has 5 nitrogen and oxygen atoms in total. The highest BCUT2D eigenvalue weighted by molar-refractivity contribution is 5.65. The van der Waals surface area contributed by atoms with Crippen LogP contribution in [0.25, 0.3) is 11.3 Å². The third kappa shape index (κ3) is 4.03. The number of rotatable bonds is 5. The van der Waals surface area contributed by atoms with Gasteiger partial charge in [-0.25, -0.2) is 4.98 Å². The van der Waals surface area contributed by atoms with Gasteiger partial charge in [-0.15, -0.1) is 0 Å². The van der Waals surface area contributed by atoms with Crippen molar-refractivity contribution < 1.29 is 0 Å². The summed E-state index contributed by atoms with van der Waals surface area (Å²) in [6.45, 7) is 11.8. The zero-order valence-corrected chi connectivity index (χ0v) is 14.9. The van der Waals surface area contributed by atoms with Crippen molar-refractivity contribution >= 4 is 11.8 Å². The number of anilines is 2. The minimum absolute atomic E-state index is 0.306. The number of hydrogen-bond acceptors (Lipinski definition) is 5. The van der Waals surface area contributed by atoms with Gasteiger partial charge in [0, 0.05) is 43.9 Å². The van der Waals surface area contributed by atoms with Crippen LogP contribution in [-0.4, -0.2) is 53.6 Å². The standard InChI is InChI=1S/C19H27N5/c1-4-23-10-12-24(13-11-23)18-14-17(16-8-6-5-7-9-16)21-19(22-18)20-15(2)3/h5-9,14-15H,4,10-13H2,1-3H3,(H,20,21,22). The first-order valence-corrected chi connectivity index (χ1v) is 8.84. The molecule has 0 aliphatic carbocycles. The lowest BCUT2D eigenvalue weighted by atomic mass is 10.1. The lowest BCUT2D eigenvalue weighted by molar-refractivity contribution is 0.270. The monoisotopic (exact) mass is 325 g/mol. The number of piperazine rings is 1. The van der Waals surface area contributed by atoms with Gasteiger partial charge in [0.2, 0.25) is 5.95 Å². The van der Waals surface area contributed by atoms with Crippen molar-refractivity contribution in [3.63, 3.8) is 0 Å². The van der Waals surface area contributed by atoms with Crippen LogP contribution >= 0.6 is 0 Å². The van der Waals surface area contributed by atoms with E-state index in [1.54, 1.807) is 0 Å². The summed E-state index contributed by atoms with van der Waals surface area (Å²) in [5.74, 6) is 1.72. The van der Waals surface area contributed by atoms with Crippen molar-refractivity contribution in [1.82, 2.24) is 14.9 Å². The fraction of sp³-hybridized carbons (Fsp3) is 0.474. The van der Waals surface area contributed by atoms with Gasteiger partial charge in [-0.3, -0.25) is 0 Å². The molecule has 1 aliphatic rings. The minimum Gasteiger partial charge on any atom is -0.354 e. The van der Waals surface area contributed by atoms with Crippen LogP contribution in [0.3, 0.4) is 0 Å². The maximum atomic E-state index is 4.76. The summed E-state index contributed by atoms with van der Waals surface area (Å²) in [6, 6.07) is 12.7. The highest BCUT2D eigenvalue weighted by Gasteiger charge is 2.18. The first-order chi connectivity index (χ1) is 11.7. The molecule has 0 amide bonds. The van der Waals surface area contributed by atoms with Gasteiger partial charge in [0.25, 0.3) is 0 Å². The molecule has 128 valence electrons. The molecule has 5 heteroatoms. The summed E-state index contributed by atoms with van der Waals surface area (Å²) in [5.41, 5.74) is 2.10. The zero-order chi connectivity index (χ0) is 16.9. The molecule has 1 aromatic carbocycles. The van der Waals surface area contributed by atoms with E-state index in [0.29, 0.717) is 12.0 Å². The molecule has 24 heavy (non-hydrogen) atoms. The Balaban J connectivity index is 1.90. The first-order valence-electron chi connectivity index (χ1n) is 8.84. The van der Waals surface area contributed by atoms with Gasteiger partial charge < -0.3 is 15.1 Å². The predicted molar refractivity (Wildman–Crippen MR) is 101 cm³/mol. The summed E-state index contributed by atoms with van der Waals surface area (Å²) in [7, 11) is 0. The molecule has 1 aliphatic heterocycles. The number of hydrogen-bond donors (Lipinski definition) is 1. The smallest absolute Gasteiger partial charge is 0.225 e. The topological polar surface area (TPSA) is 44.3 Å². The second-order valence-corrected chi connectivity index (χ2v) is 6.52. The number of aromatic nitrogens is 2. The summed E-state index contributed by atoms with van der Waals surface area (Å²) < 4.78 is 0. The number of nitrogens with zero attached hydrogens (tertiary/aromatic N) is 4. The second-order valence-electron chi connectivity index (χ2n) is 6.52. The van der Waals surface area contributed by atoms with E-state index in [4.69, 9.17) is 9.97 Å². The predicted octanol–water partition coefficient (Wildman–Crippen LogP) is 3.11. The molecule has 0 radical (unpaired) electrons. The van der Waals surface area contributed by atoms with Gasteiger partial charge in [-0.2, -0.15) is 4.98 Å². The molecule has 1 saturated heterocycles. The largest absolute Gasteiger partial charge is 0.354 e. The molecule has 0 bridgehead atoms. The lowest BCUT2D eigenvalue weighted by Crippen LogP contribution is -2.46. The molecular weight excluding hydrogens is 298 g/mol. The Hall–Kier alpha value is -2.14.